The number of carboxylic acid groups (broad SMARTS) is 1. The SMILES string of the molecule is CC(C(=O)O)N(C)Cc1coc(-c2ccc(Cl)cc2)n1.Cl. The predicted molar refractivity (Wildman–Crippen MR) is 82.8 cm³/mol. The molecule has 5 nitrogen and oxygen atoms in total. The molecule has 114 valence electrons. The van der Waals surface area contributed by atoms with E-state index in [1.165, 1.54) is 6.26 Å². The van der Waals surface area contributed by atoms with E-state index in [9.17, 15) is 4.79 Å². The first-order valence-corrected chi connectivity index (χ1v) is 6.48. The molecule has 1 N–H and O–H groups in total. The summed E-state index contributed by atoms with van der Waals surface area (Å²) in [7, 11) is 1.73. The largest absolute Gasteiger partial charge is 0.480 e. The van der Waals surface area contributed by atoms with Crippen LogP contribution >= 0.6 is 24.0 Å². The van der Waals surface area contributed by atoms with Gasteiger partial charge in [-0.2, -0.15) is 0 Å². The van der Waals surface area contributed by atoms with E-state index in [1.54, 1.807) is 31.0 Å². The van der Waals surface area contributed by atoms with Gasteiger partial charge in [0.05, 0.1) is 5.69 Å². The summed E-state index contributed by atoms with van der Waals surface area (Å²) in [5.41, 5.74) is 1.51. The summed E-state index contributed by atoms with van der Waals surface area (Å²) in [6.45, 7) is 2.03. The molecular weight excluding hydrogens is 315 g/mol. The van der Waals surface area contributed by atoms with Crippen LogP contribution in [0.5, 0.6) is 0 Å². The van der Waals surface area contributed by atoms with Crippen molar-refractivity contribution in [3.05, 3.63) is 41.2 Å². The number of nitrogens with zero attached hydrogens (tertiary/aromatic N) is 2. The van der Waals surface area contributed by atoms with Crippen LogP contribution in [0.3, 0.4) is 0 Å². The molecule has 1 unspecified atom stereocenters. The highest BCUT2D eigenvalue weighted by Gasteiger charge is 2.18. The van der Waals surface area contributed by atoms with Crippen LogP contribution in [0.4, 0.5) is 0 Å². The second-order valence-corrected chi connectivity index (χ2v) is 5.02. The second kappa shape index (κ2) is 7.45. The van der Waals surface area contributed by atoms with Crippen molar-refractivity contribution in [3.8, 4) is 11.5 Å². The van der Waals surface area contributed by atoms with Gasteiger partial charge in [-0.15, -0.1) is 12.4 Å². The summed E-state index contributed by atoms with van der Waals surface area (Å²) >= 11 is 5.82. The van der Waals surface area contributed by atoms with Crippen molar-refractivity contribution < 1.29 is 14.3 Å². The summed E-state index contributed by atoms with van der Waals surface area (Å²) < 4.78 is 5.40. The molecule has 7 heteroatoms. The standard InChI is InChI=1S/C14H15ClN2O3.ClH/c1-9(14(18)19)17(2)7-12-8-20-13(16-12)10-3-5-11(15)6-4-10;/h3-6,8-9H,7H2,1-2H3,(H,18,19);1H. The number of carboxylic acids is 1. The first-order valence-electron chi connectivity index (χ1n) is 6.11. The minimum Gasteiger partial charge on any atom is -0.480 e. The van der Waals surface area contributed by atoms with E-state index in [0.717, 1.165) is 5.56 Å². The van der Waals surface area contributed by atoms with E-state index < -0.39 is 12.0 Å². The van der Waals surface area contributed by atoms with E-state index >= 15 is 0 Å². The fourth-order valence-electron chi connectivity index (χ4n) is 1.69. The van der Waals surface area contributed by atoms with Crippen LogP contribution in [-0.4, -0.2) is 34.0 Å². The molecule has 0 radical (unpaired) electrons. The van der Waals surface area contributed by atoms with Crippen LogP contribution in [0.25, 0.3) is 11.5 Å². The van der Waals surface area contributed by atoms with Gasteiger partial charge in [0.15, 0.2) is 0 Å². The third kappa shape index (κ3) is 4.46. The van der Waals surface area contributed by atoms with Gasteiger partial charge < -0.3 is 9.52 Å². The molecule has 1 aromatic heterocycles. The Morgan fingerprint density at radius 3 is 2.62 bits per heavy atom. The topological polar surface area (TPSA) is 66.6 Å². The fourth-order valence-corrected chi connectivity index (χ4v) is 1.81. The number of benzene rings is 1. The van der Waals surface area contributed by atoms with Gasteiger partial charge in [-0.1, -0.05) is 11.6 Å². The lowest BCUT2D eigenvalue weighted by molar-refractivity contribution is -0.142. The third-order valence-corrected chi connectivity index (χ3v) is 3.32. The van der Waals surface area contributed by atoms with Gasteiger partial charge in [0.1, 0.15) is 12.3 Å². The molecule has 0 spiro atoms. The molecule has 1 atom stereocenters. The Morgan fingerprint density at radius 1 is 1.43 bits per heavy atom. The summed E-state index contributed by atoms with van der Waals surface area (Å²) in [5, 5.41) is 9.59. The molecular formula is C14H16Cl2N2O3. The predicted octanol–water partition coefficient (Wildman–Crippen LogP) is 3.32. The number of carbonyl (C=O) groups is 1. The van der Waals surface area contributed by atoms with Crippen LogP contribution in [0.15, 0.2) is 34.9 Å². The lowest BCUT2D eigenvalue weighted by atomic mass is 10.2. The van der Waals surface area contributed by atoms with Gasteiger partial charge in [-0.25, -0.2) is 4.98 Å². The highest BCUT2D eigenvalue weighted by molar-refractivity contribution is 6.30. The summed E-state index contributed by atoms with van der Waals surface area (Å²) in [6.07, 6.45) is 1.54. The van der Waals surface area contributed by atoms with Crippen molar-refractivity contribution >= 4 is 30.0 Å². The first kappa shape index (κ1) is 17.5. The van der Waals surface area contributed by atoms with Gasteiger partial charge in [0.25, 0.3) is 0 Å². The van der Waals surface area contributed by atoms with Crippen molar-refractivity contribution in [1.82, 2.24) is 9.88 Å². The number of likely N-dealkylation sites (N-methyl/N-ethyl adjacent to an activating group) is 1. The van der Waals surface area contributed by atoms with Crippen molar-refractivity contribution in [2.75, 3.05) is 7.05 Å². The summed E-state index contributed by atoms with van der Waals surface area (Å²) in [5.74, 6) is -0.373. The molecule has 0 aliphatic heterocycles. The van der Waals surface area contributed by atoms with Crippen molar-refractivity contribution in [2.24, 2.45) is 0 Å². The maximum atomic E-state index is 10.9. The van der Waals surface area contributed by atoms with Crippen LogP contribution < -0.4 is 0 Å². The van der Waals surface area contributed by atoms with Gasteiger partial charge in [-0.3, -0.25) is 9.69 Å². The quantitative estimate of drug-likeness (QED) is 0.910. The molecule has 0 saturated heterocycles. The van der Waals surface area contributed by atoms with Crippen molar-refractivity contribution in [1.29, 1.82) is 0 Å². The lowest BCUT2D eigenvalue weighted by Crippen LogP contribution is -2.35. The number of hydrogen-bond donors (Lipinski definition) is 1. The van der Waals surface area contributed by atoms with E-state index in [-0.39, 0.29) is 12.4 Å². The van der Waals surface area contributed by atoms with Crippen LogP contribution in [0, 0.1) is 0 Å². The fraction of sp³-hybridized carbons (Fsp3) is 0.286. The Bertz CT molecular complexity index is 599. The monoisotopic (exact) mass is 330 g/mol. The Labute approximate surface area is 133 Å². The Balaban J connectivity index is 0.00000220. The molecule has 0 saturated carbocycles. The minimum absolute atomic E-state index is 0. The average Bonchev–Trinajstić information content (AvgIpc) is 2.87. The van der Waals surface area contributed by atoms with Gasteiger partial charge in [0.2, 0.25) is 5.89 Å². The molecule has 0 aliphatic carbocycles. The van der Waals surface area contributed by atoms with E-state index in [0.29, 0.717) is 23.2 Å². The summed E-state index contributed by atoms with van der Waals surface area (Å²) in [6, 6.07) is 6.59. The smallest absolute Gasteiger partial charge is 0.320 e. The molecule has 0 amide bonds. The molecule has 2 aromatic rings. The molecule has 21 heavy (non-hydrogen) atoms. The second-order valence-electron chi connectivity index (χ2n) is 4.58. The average molecular weight is 331 g/mol. The Morgan fingerprint density at radius 2 is 2.05 bits per heavy atom. The van der Waals surface area contributed by atoms with Crippen LogP contribution in [0.2, 0.25) is 5.02 Å². The molecule has 0 fully saturated rings. The zero-order chi connectivity index (χ0) is 14.7. The minimum atomic E-state index is -0.867. The number of halogens is 2. The number of aromatic nitrogens is 1. The lowest BCUT2D eigenvalue weighted by Gasteiger charge is -2.19. The zero-order valence-corrected chi connectivity index (χ0v) is 13.2. The van der Waals surface area contributed by atoms with E-state index in [1.807, 2.05) is 12.1 Å². The first-order chi connectivity index (χ1) is 9.47. The summed E-state index contributed by atoms with van der Waals surface area (Å²) in [4.78, 5) is 16.9. The Hall–Kier alpha value is -1.56. The van der Waals surface area contributed by atoms with Crippen LogP contribution in [0.1, 0.15) is 12.6 Å². The molecule has 0 bridgehead atoms. The third-order valence-electron chi connectivity index (χ3n) is 3.07. The highest BCUT2D eigenvalue weighted by atomic mass is 35.5. The van der Waals surface area contributed by atoms with E-state index in [2.05, 4.69) is 4.98 Å². The van der Waals surface area contributed by atoms with E-state index in [4.69, 9.17) is 21.1 Å². The number of aliphatic carboxylic acids is 1. The molecule has 1 aromatic carbocycles. The van der Waals surface area contributed by atoms with Crippen LogP contribution in [-0.2, 0) is 11.3 Å². The number of oxazole rings is 1. The normalized spacial score (nSPS) is 12.0. The Kier molecular flexibility index (Phi) is 6.20. The molecule has 1 heterocycles. The van der Waals surface area contributed by atoms with Gasteiger partial charge in [0, 0.05) is 17.1 Å². The maximum Gasteiger partial charge on any atom is 0.320 e. The van der Waals surface area contributed by atoms with Crippen molar-refractivity contribution in [2.45, 2.75) is 19.5 Å². The molecule has 2 rings (SSSR count). The van der Waals surface area contributed by atoms with Crippen molar-refractivity contribution in [3.63, 3.8) is 0 Å². The van der Waals surface area contributed by atoms with Gasteiger partial charge >= 0.3 is 5.97 Å². The van der Waals surface area contributed by atoms with Gasteiger partial charge in [-0.05, 0) is 38.2 Å². The highest BCUT2D eigenvalue weighted by Crippen LogP contribution is 2.21. The molecule has 0 aliphatic rings. The maximum absolute atomic E-state index is 10.9. The number of rotatable bonds is 5. The number of hydrogen-bond acceptors (Lipinski definition) is 4. The zero-order valence-electron chi connectivity index (χ0n) is 11.6.